The number of amides is 2. The van der Waals surface area contributed by atoms with Crippen LogP contribution in [-0.2, 0) is 40.9 Å². The Morgan fingerprint density at radius 1 is 1.08 bits per heavy atom. The molecule has 1 spiro atoms. The zero-order chi connectivity index (χ0) is 37.0. The van der Waals surface area contributed by atoms with Crippen LogP contribution in [0.2, 0.25) is 5.02 Å². The van der Waals surface area contributed by atoms with E-state index in [4.69, 9.17) is 30.5 Å². The minimum Gasteiger partial charge on any atom is -0.490 e. The number of aryl methyl sites for hydroxylation is 1. The Morgan fingerprint density at radius 2 is 1.94 bits per heavy atom. The van der Waals surface area contributed by atoms with Gasteiger partial charge in [0.15, 0.2) is 0 Å². The highest BCUT2D eigenvalue weighted by Gasteiger charge is 2.46. The zero-order valence-corrected chi connectivity index (χ0v) is 32.0. The van der Waals surface area contributed by atoms with E-state index in [2.05, 4.69) is 26.7 Å². The van der Waals surface area contributed by atoms with E-state index in [1.165, 1.54) is 31.0 Å². The molecule has 2 aliphatic carbocycles. The van der Waals surface area contributed by atoms with Gasteiger partial charge in [-0.1, -0.05) is 23.7 Å². The van der Waals surface area contributed by atoms with Crippen molar-refractivity contribution in [1.29, 1.82) is 0 Å². The highest BCUT2D eigenvalue weighted by molar-refractivity contribution is 7.90. The summed E-state index contributed by atoms with van der Waals surface area (Å²) in [7, 11) is -4.25. The number of anilines is 1. The van der Waals surface area contributed by atoms with E-state index >= 15 is 0 Å². The summed E-state index contributed by atoms with van der Waals surface area (Å²) >= 11 is 6.46. The number of rotatable bonds is 1. The molecule has 3 fully saturated rings. The molecule has 8 rings (SSSR count). The van der Waals surface area contributed by atoms with Crippen molar-refractivity contribution in [2.24, 2.45) is 11.8 Å². The number of fused-ring (bicyclic) bond motifs is 5. The Labute approximate surface area is 316 Å². The molecular formula is C39H49ClN4O8S. The largest absolute Gasteiger partial charge is 0.490 e. The van der Waals surface area contributed by atoms with Gasteiger partial charge < -0.3 is 28.7 Å². The molecule has 4 heterocycles. The maximum Gasteiger partial charge on any atom is 0.410 e. The fourth-order valence-corrected chi connectivity index (χ4v) is 10.3. The fraction of sp³-hybridized carbons (Fsp3) is 0.590. The monoisotopic (exact) mass is 768 g/mol. The molecule has 12 nitrogen and oxygen atoms in total. The van der Waals surface area contributed by atoms with E-state index in [0.717, 1.165) is 45.2 Å². The van der Waals surface area contributed by atoms with Crippen molar-refractivity contribution in [2.75, 3.05) is 70.6 Å². The van der Waals surface area contributed by atoms with E-state index in [1.54, 1.807) is 23.1 Å². The van der Waals surface area contributed by atoms with Gasteiger partial charge in [0.2, 0.25) is 0 Å². The molecule has 1 N–H and O–H groups in total. The van der Waals surface area contributed by atoms with Crippen molar-refractivity contribution < 1.29 is 37.0 Å². The van der Waals surface area contributed by atoms with Crippen LogP contribution in [0.4, 0.5) is 10.5 Å². The Hall–Kier alpha value is -3.36. The third-order valence-electron chi connectivity index (χ3n) is 12.2. The molecule has 286 valence electrons. The van der Waals surface area contributed by atoms with Gasteiger partial charge in [-0.05, 0) is 99.4 Å². The first-order chi connectivity index (χ1) is 25.4. The maximum atomic E-state index is 13.8. The van der Waals surface area contributed by atoms with Crippen molar-refractivity contribution in [1.82, 2.24) is 14.5 Å². The van der Waals surface area contributed by atoms with Gasteiger partial charge in [0.25, 0.3) is 15.9 Å². The Balaban J connectivity index is 1.14. The van der Waals surface area contributed by atoms with E-state index in [0.29, 0.717) is 62.5 Å². The number of carbonyl (C=O) groups is 2. The average Bonchev–Trinajstić information content (AvgIpc) is 3.27. The van der Waals surface area contributed by atoms with Crippen LogP contribution in [0.3, 0.4) is 0 Å². The summed E-state index contributed by atoms with van der Waals surface area (Å²) in [4.78, 5) is 33.6. The molecule has 1 saturated carbocycles. The lowest BCUT2D eigenvalue weighted by Crippen LogP contribution is -2.59. The van der Waals surface area contributed by atoms with Gasteiger partial charge in [0.05, 0.1) is 43.1 Å². The molecule has 6 aliphatic rings. The van der Waals surface area contributed by atoms with Crippen molar-refractivity contribution in [2.45, 2.75) is 74.0 Å². The first-order valence-corrected chi connectivity index (χ1v) is 20.7. The number of morpholine rings is 1. The molecule has 5 atom stereocenters. The minimum atomic E-state index is -4.25. The quantitative estimate of drug-likeness (QED) is 0.414. The van der Waals surface area contributed by atoms with Crippen LogP contribution < -0.4 is 14.4 Å². The Morgan fingerprint density at radius 3 is 2.77 bits per heavy atom. The molecular weight excluding hydrogens is 720 g/mol. The van der Waals surface area contributed by atoms with E-state index in [-0.39, 0.29) is 40.9 Å². The predicted octanol–water partition coefficient (Wildman–Crippen LogP) is 4.53. The van der Waals surface area contributed by atoms with Crippen LogP contribution in [0.15, 0.2) is 53.4 Å². The van der Waals surface area contributed by atoms with E-state index in [1.807, 2.05) is 12.1 Å². The van der Waals surface area contributed by atoms with Gasteiger partial charge in [-0.15, -0.1) is 0 Å². The predicted molar refractivity (Wildman–Crippen MR) is 199 cm³/mol. The van der Waals surface area contributed by atoms with Gasteiger partial charge in [0, 0.05) is 55.6 Å². The number of piperazine rings is 1. The first-order valence-electron chi connectivity index (χ1n) is 18.9. The van der Waals surface area contributed by atoms with Gasteiger partial charge in [-0.2, -0.15) is 0 Å². The van der Waals surface area contributed by atoms with Gasteiger partial charge in [-0.25, -0.2) is 17.9 Å². The number of nitrogens with one attached hydrogen (secondary N) is 1. The van der Waals surface area contributed by atoms with E-state index < -0.39 is 27.6 Å². The van der Waals surface area contributed by atoms with Crippen molar-refractivity contribution >= 4 is 39.3 Å². The lowest BCUT2D eigenvalue weighted by Gasteiger charge is -2.46. The third-order valence-corrected chi connectivity index (χ3v) is 13.8. The summed E-state index contributed by atoms with van der Waals surface area (Å²) in [5.41, 5.74) is 1.25. The summed E-state index contributed by atoms with van der Waals surface area (Å²) < 4.78 is 54.2. The first kappa shape index (κ1) is 36.6. The van der Waals surface area contributed by atoms with Crippen LogP contribution in [0, 0.1) is 11.8 Å². The molecule has 4 aliphatic heterocycles. The Bertz CT molecular complexity index is 1890. The topological polar surface area (TPSA) is 127 Å². The van der Waals surface area contributed by atoms with Crippen LogP contribution in [-0.4, -0.2) is 114 Å². The second-order valence-electron chi connectivity index (χ2n) is 16.0. The summed E-state index contributed by atoms with van der Waals surface area (Å²) in [6, 6.07) is 11.1. The molecule has 0 radical (unpaired) electrons. The lowest BCUT2D eigenvalue weighted by atomic mass is 9.68. The number of sulfonamides is 1. The summed E-state index contributed by atoms with van der Waals surface area (Å²) in [6.07, 6.45) is 7.39. The fourth-order valence-electron chi connectivity index (χ4n) is 8.99. The van der Waals surface area contributed by atoms with Gasteiger partial charge in [0.1, 0.15) is 17.5 Å². The number of hydrogen-bond acceptors (Lipinski definition) is 10. The molecule has 2 aromatic carbocycles. The maximum absolute atomic E-state index is 13.8. The van der Waals surface area contributed by atoms with E-state index in [9.17, 15) is 18.0 Å². The van der Waals surface area contributed by atoms with Gasteiger partial charge >= 0.3 is 6.09 Å². The number of carbonyl (C=O) groups excluding carboxylic acids is 2. The summed E-state index contributed by atoms with van der Waals surface area (Å²) in [5.74, 6) is -0.0397. The zero-order valence-electron chi connectivity index (χ0n) is 30.4. The smallest absolute Gasteiger partial charge is 0.410 e. The number of nitrogens with zero attached hydrogens (tertiary/aromatic N) is 3. The molecule has 2 saturated heterocycles. The highest BCUT2D eigenvalue weighted by atomic mass is 35.5. The SMILES string of the molecule is CC1(C)OC/C=C/[C@H](OC(=O)N2CCN3CCOC[C@H]3C2)[C@@H]2CC[C@H]2CN2C[C@@]3(CCCc4cc(Cl)ccc43)COc3ccc(cc32)S(=O)(=O)NC1=O. The molecule has 2 aromatic rings. The van der Waals surface area contributed by atoms with Crippen LogP contribution >= 0.6 is 11.6 Å². The second kappa shape index (κ2) is 14.4. The standard InChI is InChI=1S/C39H49ClN4O8S/c1-38(2)36(45)41-53(47,48)30-9-12-35-33(20-30)44(24-39(25-50-35)13-3-5-26-19-28(40)8-11-32(26)39)21-27-7-10-31(27)34(6-4-17-51-38)52-37(46)43-15-14-42-16-18-49-23-29(42)22-43/h4,6,8-9,11-12,19-20,27,29,31,34H,3,5,7,10,13-18,21-25H2,1-2H3,(H,41,45)/b6-4+/t27-,29+,31+,34-,39-/m0/s1. The Kier molecular flexibility index (Phi) is 9.93. The molecule has 2 bridgehead atoms. The number of halogens is 1. The lowest BCUT2D eigenvalue weighted by molar-refractivity contribution is -0.139. The molecule has 0 aromatic heterocycles. The number of ether oxygens (including phenoxy) is 4. The van der Waals surface area contributed by atoms with Gasteiger partial charge in [-0.3, -0.25) is 9.69 Å². The normalized spacial score (nSPS) is 31.7. The van der Waals surface area contributed by atoms with Crippen molar-refractivity contribution in [3.63, 3.8) is 0 Å². The number of benzene rings is 2. The third kappa shape index (κ3) is 7.27. The van der Waals surface area contributed by atoms with Crippen LogP contribution in [0.25, 0.3) is 0 Å². The van der Waals surface area contributed by atoms with Crippen molar-refractivity contribution in [3.05, 3.63) is 64.7 Å². The van der Waals surface area contributed by atoms with Crippen LogP contribution in [0.1, 0.15) is 50.7 Å². The molecule has 0 unspecified atom stereocenters. The minimum absolute atomic E-state index is 0.0200. The van der Waals surface area contributed by atoms with Crippen molar-refractivity contribution in [3.8, 4) is 5.75 Å². The molecule has 2 amide bonds. The molecule has 14 heteroatoms. The summed E-state index contributed by atoms with van der Waals surface area (Å²) in [5, 5.41) is 0.703. The average molecular weight is 769 g/mol. The number of hydrogen-bond donors (Lipinski definition) is 1. The molecule has 53 heavy (non-hydrogen) atoms. The van der Waals surface area contributed by atoms with Crippen LogP contribution in [0.5, 0.6) is 5.75 Å². The second-order valence-corrected chi connectivity index (χ2v) is 18.1. The summed E-state index contributed by atoms with van der Waals surface area (Å²) in [6.45, 7) is 8.83. The highest BCUT2D eigenvalue weighted by Crippen LogP contribution is 2.47.